The molecule has 0 atom stereocenters. The van der Waals surface area contributed by atoms with Crippen LogP contribution in [-0.4, -0.2) is 19.8 Å². The van der Waals surface area contributed by atoms with E-state index in [9.17, 15) is 0 Å². The van der Waals surface area contributed by atoms with Crippen LogP contribution in [0.3, 0.4) is 0 Å². The number of rotatable bonds is 2. The van der Waals surface area contributed by atoms with Crippen LogP contribution in [-0.2, 0) is 0 Å². The van der Waals surface area contributed by atoms with E-state index in [1.54, 1.807) is 0 Å². The van der Waals surface area contributed by atoms with Crippen molar-refractivity contribution in [3.63, 3.8) is 0 Å². The fourth-order valence-corrected chi connectivity index (χ4v) is 3.28. The summed E-state index contributed by atoms with van der Waals surface area (Å²) >= 11 is 0. The maximum Gasteiger partial charge on any atom is 0.0876 e. The van der Waals surface area contributed by atoms with E-state index in [0.717, 1.165) is 46.3 Å². The van der Waals surface area contributed by atoms with Gasteiger partial charge in [-0.25, -0.2) is 4.99 Å². The molecule has 0 bridgehead atoms. The minimum atomic E-state index is 0.788. The first-order valence-electron chi connectivity index (χ1n) is 8.46. The Hall–Kier alpha value is -3.01. The largest absolute Gasteiger partial charge is 0.399 e. The summed E-state index contributed by atoms with van der Waals surface area (Å²) in [4.78, 5) is 9.30. The van der Waals surface area contributed by atoms with Crippen molar-refractivity contribution >= 4 is 28.5 Å². The number of hydrogen-bond donors (Lipinski definition) is 1. The van der Waals surface area contributed by atoms with Crippen molar-refractivity contribution in [2.45, 2.75) is 13.3 Å². The maximum atomic E-state index is 6.24. The van der Waals surface area contributed by atoms with Gasteiger partial charge in [0.15, 0.2) is 0 Å². The second-order valence-corrected chi connectivity index (χ2v) is 6.74. The first-order chi connectivity index (χ1) is 12.0. The predicted octanol–water partition coefficient (Wildman–Crippen LogP) is 4.50. The summed E-state index contributed by atoms with van der Waals surface area (Å²) in [5.41, 5.74) is 14.7. The van der Waals surface area contributed by atoms with Crippen molar-refractivity contribution in [2.24, 2.45) is 10.7 Å². The zero-order valence-electron chi connectivity index (χ0n) is 14.8. The first-order valence-corrected chi connectivity index (χ1v) is 8.46. The van der Waals surface area contributed by atoms with E-state index in [4.69, 9.17) is 10.7 Å². The second-order valence-electron chi connectivity index (χ2n) is 6.74. The molecule has 4 heteroatoms. The average molecular weight is 330 g/mol. The van der Waals surface area contributed by atoms with Gasteiger partial charge in [-0.05, 0) is 48.9 Å². The van der Waals surface area contributed by atoms with Crippen LogP contribution in [0.15, 0.2) is 76.6 Å². The van der Waals surface area contributed by atoms with Crippen molar-refractivity contribution in [1.82, 2.24) is 0 Å². The molecule has 1 heterocycles. The van der Waals surface area contributed by atoms with Gasteiger partial charge in [0.1, 0.15) is 0 Å². The van der Waals surface area contributed by atoms with Crippen molar-refractivity contribution in [3.05, 3.63) is 71.6 Å². The summed E-state index contributed by atoms with van der Waals surface area (Å²) in [6, 6.07) is 16.8. The van der Waals surface area contributed by atoms with E-state index in [2.05, 4.69) is 79.4 Å². The maximum absolute atomic E-state index is 6.24. The third kappa shape index (κ3) is 2.60. The van der Waals surface area contributed by atoms with Gasteiger partial charge in [-0.15, -0.1) is 0 Å². The van der Waals surface area contributed by atoms with Gasteiger partial charge in [0.2, 0.25) is 0 Å². The molecule has 1 aliphatic carbocycles. The first kappa shape index (κ1) is 15.5. The summed E-state index contributed by atoms with van der Waals surface area (Å²) in [7, 11) is 4.10. The molecule has 25 heavy (non-hydrogen) atoms. The molecule has 0 amide bonds. The van der Waals surface area contributed by atoms with Crippen LogP contribution in [0.25, 0.3) is 0 Å². The Morgan fingerprint density at radius 2 is 1.84 bits per heavy atom. The Bertz CT molecular complexity index is 920. The number of anilines is 3. The monoisotopic (exact) mass is 330 g/mol. The molecule has 2 aliphatic rings. The van der Waals surface area contributed by atoms with Crippen LogP contribution in [0.2, 0.25) is 0 Å². The number of para-hydroxylation sites is 1. The van der Waals surface area contributed by atoms with Crippen LogP contribution < -0.4 is 15.5 Å². The van der Waals surface area contributed by atoms with E-state index in [-0.39, 0.29) is 0 Å². The number of benzene rings is 2. The Morgan fingerprint density at radius 1 is 1.08 bits per heavy atom. The highest BCUT2D eigenvalue weighted by molar-refractivity contribution is 6.12. The van der Waals surface area contributed by atoms with Gasteiger partial charge in [0, 0.05) is 37.6 Å². The number of nitrogens with two attached hydrogens (primary N) is 1. The number of fused-ring (bicyclic) bond motifs is 2. The minimum absolute atomic E-state index is 0.788. The standard InChI is InChI=1S/C21H22N4/c1-14-11-19-21(13-17(14)22)25(15-7-5-4-6-8-15)20-12-16(24(2)3)9-10-18(20)23-19/h4-10,12-13H,11,22H2,1-3H3. The minimum Gasteiger partial charge on any atom is -0.399 e. The van der Waals surface area contributed by atoms with E-state index < -0.39 is 0 Å². The van der Waals surface area contributed by atoms with Gasteiger partial charge in [-0.2, -0.15) is 0 Å². The highest BCUT2D eigenvalue weighted by Gasteiger charge is 2.29. The lowest BCUT2D eigenvalue weighted by atomic mass is 9.95. The number of nitrogens with zero attached hydrogens (tertiary/aromatic N) is 3. The van der Waals surface area contributed by atoms with E-state index in [1.165, 1.54) is 5.57 Å². The zero-order chi connectivity index (χ0) is 17.6. The fourth-order valence-electron chi connectivity index (χ4n) is 3.28. The topological polar surface area (TPSA) is 44.9 Å². The molecular weight excluding hydrogens is 308 g/mol. The molecule has 0 saturated heterocycles. The third-order valence-electron chi connectivity index (χ3n) is 4.74. The van der Waals surface area contributed by atoms with Crippen LogP contribution >= 0.6 is 0 Å². The average Bonchev–Trinajstić information content (AvgIpc) is 2.61. The molecule has 0 spiro atoms. The molecule has 126 valence electrons. The number of hydrogen-bond acceptors (Lipinski definition) is 4. The highest BCUT2D eigenvalue weighted by Crippen LogP contribution is 2.44. The summed E-state index contributed by atoms with van der Waals surface area (Å²) in [6.45, 7) is 2.07. The third-order valence-corrected chi connectivity index (χ3v) is 4.74. The summed E-state index contributed by atoms with van der Waals surface area (Å²) in [5.74, 6) is 0. The molecule has 0 aromatic heterocycles. The Kier molecular flexibility index (Phi) is 3.61. The lowest BCUT2D eigenvalue weighted by molar-refractivity contribution is 1.07. The van der Waals surface area contributed by atoms with Crippen molar-refractivity contribution in [1.29, 1.82) is 0 Å². The molecular formula is C21H22N4. The Labute approximate surface area is 148 Å². The van der Waals surface area contributed by atoms with E-state index in [0.29, 0.717) is 0 Å². The lowest BCUT2D eigenvalue weighted by Crippen LogP contribution is -2.29. The summed E-state index contributed by atoms with van der Waals surface area (Å²) in [5, 5.41) is 0. The SMILES string of the molecule is CC1=C(N)C=C2C(=Nc3ccc(N(C)C)cc3N2c2ccccc2)C1. The highest BCUT2D eigenvalue weighted by atomic mass is 15.2. The van der Waals surface area contributed by atoms with Crippen LogP contribution in [0.4, 0.5) is 22.7 Å². The van der Waals surface area contributed by atoms with Crippen LogP contribution in [0, 0.1) is 0 Å². The van der Waals surface area contributed by atoms with E-state index >= 15 is 0 Å². The summed E-state index contributed by atoms with van der Waals surface area (Å²) < 4.78 is 0. The van der Waals surface area contributed by atoms with Gasteiger partial charge in [-0.1, -0.05) is 18.2 Å². The molecule has 0 saturated carbocycles. The zero-order valence-corrected chi connectivity index (χ0v) is 14.8. The molecule has 0 radical (unpaired) electrons. The van der Waals surface area contributed by atoms with Gasteiger partial charge in [-0.3, -0.25) is 0 Å². The van der Waals surface area contributed by atoms with E-state index in [1.807, 2.05) is 6.07 Å². The Morgan fingerprint density at radius 3 is 2.56 bits per heavy atom. The lowest BCUT2D eigenvalue weighted by Gasteiger charge is -2.35. The fraction of sp³-hybridized carbons (Fsp3) is 0.190. The van der Waals surface area contributed by atoms with Gasteiger partial charge >= 0.3 is 0 Å². The van der Waals surface area contributed by atoms with Crippen LogP contribution in [0.5, 0.6) is 0 Å². The van der Waals surface area contributed by atoms with Crippen molar-refractivity contribution in [3.8, 4) is 0 Å². The number of aliphatic imine (C=N–C) groups is 1. The summed E-state index contributed by atoms with van der Waals surface area (Å²) in [6.07, 6.45) is 2.84. The second kappa shape index (κ2) is 5.81. The molecule has 2 aromatic rings. The number of allylic oxidation sites excluding steroid dienone is 3. The predicted molar refractivity (Wildman–Crippen MR) is 106 cm³/mol. The molecule has 4 rings (SSSR count). The molecule has 2 N–H and O–H groups in total. The van der Waals surface area contributed by atoms with Gasteiger partial charge < -0.3 is 15.5 Å². The molecule has 2 aromatic carbocycles. The normalized spacial score (nSPS) is 16.0. The Balaban J connectivity index is 1.96. The van der Waals surface area contributed by atoms with Gasteiger partial charge in [0.25, 0.3) is 0 Å². The van der Waals surface area contributed by atoms with Crippen LogP contribution in [0.1, 0.15) is 13.3 Å². The molecule has 1 aliphatic heterocycles. The van der Waals surface area contributed by atoms with Gasteiger partial charge in [0.05, 0.1) is 22.8 Å². The smallest absolute Gasteiger partial charge is 0.0876 e. The quantitative estimate of drug-likeness (QED) is 0.882. The van der Waals surface area contributed by atoms with Crippen molar-refractivity contribution in [2.75, 3.05) is 23.9 Å². The molecule has 0 unspecified atom stereocenters. The van der Waals surface area contributed by atoms with Crippen molar-refractivity contribution < 1.29 is 0 Å². The molecule has 0 fully saturated rings. The molecule has 4 nitrogen and oxygen atoms in total.